The van der Waals surface area contributed by atoms with Gasteiger partial charge in [0.25, 0.3) is 0 Å². The number of likely N-dealkylation sites (tertiary alicyclic amines) is 1. The molecule has 3 N–H and O–H groups in total. The Morgan fingerprint density at radius 1 is 1.26 bits per heavy atom. The molecule has 1 fully saturated rings. The van der Waals surface area contributed by atoms with Crippen molar-refractivity contribution in [3.63, 3.8) is 0 Å². The number of guanidine groups is 1. The number of likely N-dealkylation sites (N-methyl/N-ethyl adjacent to an activating group) is 1. The molecule has 1 aliphatic heterocycles. The Kier molecular flexibility index (Phi) is 5.55. The summed E-state index contributed by atoms with van der Waals surface area (Å²) in [7, 11) is 0. The average Bonchev–Trinajstić information content (AvgIpc) is 2.60. The predicted molar refractivity (Wildman–Crippen MR) is 98.1 cm³/mol. The lowest BCUT2D eigenvalue weighted by atomic mass is 9.90. The molecule has 1 aromatic carbocycles. The maximum atomic E-state index is 6.16. The molecule has 0 spiro atoms. The Balaban J connectivity index is 1.63. The molecule has 0 saturated carbocycles. The highest BCUT2D eigenvalue weighted by molar-refractivity contribution is 5.93. The van der Waals surface area contributed by atoms with Crippen molar-refractivity contribution in [2.75, 3.05) is 25.0 Å². The minimum atomic E-state index is 0.554. The monoisotopic (exact) mass is 314 g/mol. The first-order valence-corrected chi connectivity index (χ1v) is 9.19. The van der Waals surface area contributed by atoms with Crippen LogP contribution in [0.15, 0.2) is 23.2 Å². The largest absolute Gasteiger partial charge is 0.370 e. The lowest BCUT2D eigenvalue weighted by Crippen LogP contribution is -2.41. The topological polar surface area (TPSA) is 53.6 Å². The van der Waals surface area contributed by atoms with Gasteiger partial charge in [0.05, 0.1) is 6.54 Å². The summed E-state index contributed by atoms with van der Waals surface area (Å²) in [5.41, 5.74) is 10.2. The van der Waals surface area contributed by atoms with E-state index in [2.05, 4.69) is 40.3 Å². The summed E-state index contributed by atoms with van der Waals surface area (Å²) >= 11 is 0. The van der Waals surface area contributed by atoms with Crippen LogP contribution in [0.5, 0.6) is 0 Å². The molecule has 4 nitrogen and oxygen atoms in total. The van der Waals surface area contributed by atoms with Crippen LogP contribution in [0.2, 0.25) is 0 Å². The van der Waals surface area contributed by atoms with Gasteiger partial charge >= 0.3 is 0 Å². The van der Waals surface area contributed by atoms with Gasteiger partial charge in [-0.25, -0.2) is 0 Å². The van der Waals surface area contributed by atoms with Gasteiger partial charge in [-0.1, -0.05) is 25.5 Å². The Morgan fingerprint density at radius 2 is 2.13 bits per heavy atom. The van der Waals surface area contributed by atoms with Crippen molar-refractivity contribution in [3.8, 4) is 0 Å². The van der Waals surface area contributed by atoms with Crippen molar-refractivity contribution in [1.29, 1.82) is 0 Å². The third kappa shape index (κ3) is 4.05. The van der Waals surface area contributed by atoms with E-state index < -0.39 is 0 Å². The van der Waals surface area contributed by atoms with Crippen LogP contribution in [-0.2, 0) is 12.8 Å². The summed E-state index contributed by atoms with van der Waals surface area (Å²) in [4.78, 5) is 7.16. The van der Waals surface area contributed by atoms with Crippen LogP contribution in [0.1, 0.15) is 50.2 Å². The number of rotatable bonds is 4. The fourth-order valence-electron chi connectivity index (χ4n) is 3.96. The summed E-state index contributed by atoms with van der Waals surface area (Å²) in [5.74, 6) is 0.561. The zero-order valence-electron chi connectivity index (χ0n) is 14.4. The number of hydrogen-bond acceptors (Lipinski definition) is 2. The summed E-state index contributed by atoms with van der Waals surface area (Å²) in [6.07, 6.45) is 8.79. The van der Waals surface area contributed by atoms with Crippen LogP contribution < -0.4 is 11.1 Å². The highest BCUT2D eigenvalue weighted by Gasteiger charge is 2.20. The number of aliphatic imine (C=N–C) groups is 1. The second-order valence-corrected chi connectivity index (χ2v) is 6.78. The molecule has 1 saturated heterocycles. The van der Waals surface area contributed by atoms with E-state index in [0.717, 1.165) is 25.2 Å². The molecule has 3 rings (SSSR count). The van der Waals surface area contributed by atoms with Crippen LogP contribution in [0.25, 0.3) is 0 Å². The average molecular weight is 314 g/mol. The normalized spacial score (nSPS) is 22.7. The molecule has 126 valence electrons. The Morgan fingerprint density at radius 3 is 3.00 bits per heavy atom. The van der Waals surface area contributed by atoms with Crippen molar-refractivity contribution >= 4 is 11.6 Å². The van der Waals surface area contributed by atoms with Crippen molar-refractivity contribution in [2.45, 2.75) is 57.9 Å². The maximum Gasteiger partial charge on any atom is 0.193 e. The molecule has 0 radical (unpaired) electrons. The molecule has 1 aromatic rings. The molecule has 4 heteroatoms. The molecule has 23 heavy (non-hydrogen) atoms. The summed E-state index contributed by atoms with van der Waals surface area (Å²) in [5, 5.41) is 3.35. The number of nitrogens with zero attached hydrogens (tertiary/aromatic N) is 2. The highest BCUT2D eigenvalue weighted by Crippen LogP contribution is 2.27. The molecule has 2 aliphatic rings. The van der Waals surface area contributed by atoms with E-state index in [9.17, 15) is 0 Å². The number of piperidine rings is 1. The van der Waals surface area contributed by atoms with Gasteiger partial charge in [0.15, 0.2) is 5.96 Å². The van der Waals surface area contributed by atoms with Gasteiger partial charge in [0.1, 0.15) is 0 Å². The van der Waals surface area contributed by atoms with Gasteiger partial charge < -0.3 is 11.1 Å². The molecule has 1 atom stereocenters. The van der Waals surface area contributed by atoms with Gasteiger partial charge in [-0.05, 0) is 68.8 Å². The second kappa shape index (κ2) is 7.82. The number of hydrogen-bond donors (Lipinski definition) is 2. The van der Waals surface area contributed by atoms with Crippen molar-refractivity contribution in [1.82, 2.24) is 4.90 Å². The van der Waals surface area contributed by atoms with Crippen molar-refractivity contribution in [2.24, 2.45) is 10.7 Å². The minimum Gasteiger partial charge on any atom is -0.370 e. The van der Waals surface area contributed by atoms with Gasteiger partial charge in [0, 0.05) is 11.7 Å². The molecule has 0 bridgehead atoms. The van der Waals surface area contributed by atoms with E-state index in [4.69, 9.17) is 5.73 Å². The van der Waals surface area contributed by atoms with E-state index in [1.165, 1.54) is 56.2 Å². The molecule has 1 aliphatic carbocycles. The smallest absolute Gasteiger partial charge is 0.193 e. The standard InChI is InChI=1S/C19H30N4/c1-2-23-13-6-5-10-16(23)14-21-19(20)22-18-12-7-9-15-8-3-4-11-17(15)18/h7,9,12,16H,2-6,8,10-11,13-14H2,1H3,(H3,20,21,22). The zero-order chi connectivity index (χ0) is 16.1. The summed E-state index contributed by atoms with van der Waals surface area (Å²) in [6.45, 7) is 5.36. The Labute approximate surface area is 140 Å². The maximum absolute atomic E-state index is 6.16. The number of anilines is 1. The third-order valence-electron chi connectivity index (χ3n) is 5.29. The van der Waals surface area contributed by atoms with Gasteiger partial charge in [0.2, 0.25) is 0 Å². The van der Waals surface area contributed by atoms with Gasteiger partial charge in [-0.3, -0.25) is 9.89 Å². The molecule has 1 heterocycles. The van der Waals surface area contributed by atoms with Crippen LogP contribution >= 0.6 is 0 Å². The first-order valence-electron chi connectivity index (χ1n) is 9.19. The molecule has 0 aromatic heterocycles. The second-order valence-electron chi connectivity index (χ2n) is 6.78. The first kappa shape index (κ1) is 16.3. The van der Waals surface area contributed by atoms with Crippen molar-refractivity contribution < 1.29 is 0 Å². The van der Waals surface area contributed by atoms with E-state index in [0.29, 0.717) is 12.0 Å². The molecular weight excluding hydrogens is 284 g/mol. The molecule has 1 unspecified atom stereocenters. The van der Waals surface area contributed by atoms with E-state index in [1.807, 2.05) is 0 Å². The fourth-order valence-corrected chi connectivity index (χ4v) is 3.96. The number of nitrogens with one attached hydrogen (secondary N) is 1. The summed E-state index contributed by atoms with van der Waals surface area (Å²) < 4.78 is 0. The van der Waals surface area contributed by atoms with Crippen LogP contribution in [0, 0.1) is 0 Å². The summed E-state index contributed by atoms with van der Waals surface area (Å²) in [6, 6.07) is 7.05. The van der Waals surface area contributed by atoms with Crippen molar-refractivity contribution in [3.05, 3.63) is 29.3 Å². The van der Waals surface area contributed by atoms with Crippen LogP contribution in [0.3, 0.4) is 0 Å². The highest BCUT2D eigenvalue weighted by atomic mass is 15.2. The number of aryl methyl sites for hydroxylation is 1. The van der Waals surface area contributed by atoms with E-state index >= 15 is 0 Å². The van der Waals surface area contributed by atoms with E-state index in [1.54, 1.807) is 0 Å². The Bertz CT molecular complexity index is 552. The number of benzene rings is 1. The lowest BCUT2D eigenvalue weighted by Gasteiger charge is -2.33. The SMILES string of the molecule is CCN1CCCCC1CN=C(N)Nc1cccc2c1CCCC2. The molecule has 0 amide bonds. The van der Waals surface area contributed by atoms with Crippen LogP contribution in [0.4, 0.5) is 5.69 Å². The number of fused-ring (bicyclic) bond motifs is 1. The lowest BCUT2D eigenvalue weighted by molar-refractivity contribution is 0.161. The van der Waals surface area contributed by atoms with E-state index in [-0.39, 0.29) is 0 Å². The molecular formula is C19H30N4. The fraction of sp³-hybridized carbons (Fsp3) is 0.632. The minimum absolute atomic E-state index is 0.554. The van der Waals surface area contributed by atoms with Gasteiger partial charge in [-0.2, -0.15) is 0 Å². The first-order chi connectivity index (χ1) is 11.3. The quantitative estimate of drug-likeness (QED) is 0.663. The number of nitrogens with two attached hydrogens (primary N) is 1. The van der Waals surface area contributed by atoms with Gasteiger partial charge in [-0.15, -0.1) is 0 Å². The third-order valence-corrected chi connectivity index (χ3v) is 5.29. The predicted octanol–water partition coefficient (Wildman–Crippen LogP) is 3.17. The van der Waals surface area contributed by atoms with Crippen LogP contribution in [-0.4, -0.2) is 36.5 Å². The Hall–Kier alpha value is -1.55. The zero-order valence-corrected chi connectivity index (χ0v) is 14.4.